The minimum Gasteiger partial charge on any atom is -0.399 e. The number of hydrogen-bond donors (Lipinski definition) is 4. The Labute approximate surface area is 200 Å². The molecule has 34 heavy (non-hydrogen) atoms. The van der Waals surface area contributed by atoms with Crippen molar-refractivity contribution in [1.29, 1.82) is 0 Å². The summed E-state index contributed by atoms with van der Waals surface area (Å²) < 4.78 is 28.6. The summed E-state index contributed by atoms with van der Waals surface area (Å²) in [7, 11) is 0. The smallest absolute Gasteiger partial charge is 0.126 e. The van der Waals surface area contributed by atoms with Crippen LogP contribution in [0, 0.1) is 11.6 Å². The number of aliphatic hydroxyl groups excluding tert-OH is 1. The molecule has 6 heteroatoms. The molecule has 3 aromatic carbocycles. The number of aryl methyl sites for hydroxylation is 2. The molecule has 0 bridgehead atoms. The molecule has 0 heterocycles. The van der Waals surface area contributed by atoms with E-state index in [1.54, 1.807) is 19.1 Å². The summed E-state index contributed by atoms with van der Waals surface area (Å²) in [5, 5.41) is 17.8. The van der Waals surface area contributed by atoms with Crippen LogP contribution in [0.2, 0.25) is 0 Å². The number of nitrogens with one attached hydrogen (secondary N) is 2. The molecule has 0 aliphatic heterocycles. The van der Waals surface area contributed by atoms with E-state index in [2.05, 4.69) is 35.8 Å². The highest BCUT2D eigenvalue weighted by Gasteiger charge is 2.32. The van der Waals surface area contributed by atoms with Gasteiger partial charge in [0.25, 0.3) is 0 Å². The Morgan fingerprint density at radius 1 is 1.03 bits per heavy atom. The molecule has 1 aliphatic rings. The van der Waals surface area contributed by atoms with Crippen molar-refractivity contribution in [2.45, 2.75) is 63.8 Å². The molecule has 4 rings (SSSR count). The van der Waals surface area contributed by atoms with Gasteiger partial charge in [-0.1, -0.05) is 25.1 Å². The fourth-order valence-corrected chi connectivity index (χ4v) is 4.87. The van der Waals surface area contributed by atoms with E-state index in [4.69, 9.17) is 5.73 Å². The van der Waals surface area contributed by atoms with Crippen LogP contribution in [0.1, 0.15) is 61.0 Å². The van der Waals surface area contributed by atoms with Gasteiger partial charge in [-0.3, -0.25) is 0 Å². The third kappa shape index (κ3) is 5.57. The van der Waals surface area contributed by atoms with Crippen LogP contribution in [0.4, 0.5) is 20.2 Å². The quantitative estimate of drug-likeness (QED) is 0.323. The van der Waals surface area contributed by atoms with E-state index in [-0.39, 0.29) is 6.04 Å². The van der Waals surface area contributed by atoms with Crippen molar-refractivity contribution in [3.05, 3.63) is 94.6 Å². The molecule has 0 radical (unpaired) electrons. The zero-order valence-corrected chi connectivity index (χ0v) is 19.7. The number of rotatable bonds is 8. The van der Waals surface area contributed by atoms with Crippen LogP contribution in [0.15, 0.2) is 60.7 Å². The Hall–Kier alpha value is -2.96. The summed E-state index contributed by atoms with van der Waals surface area (Å²) in [5.41, 5.74) is 11.4. The second-order valence-corrected chi connectivity index (χ2v) is 9.21. The van der Waals surface area contributed by atoms with Gasteiger partial charge in [-0.25, -0.2) is 8.78 Å². The zero-order chi connectivity index (χ0) is 24.2. The number of hydrogen-bond acceptors (Lipinski definition) is 4. The van der Waals surface area contributed by atoms with Crippen LogP contribution in [0.3, 0.4) is 0 Å². The molecular formula is C28H33F2N3O. The molecule has 0 aromatic heterocycles. The van der Waals surface area contributed by atoms with Crippen LogP contribution >= 0.6 is 0 Å². The number of halogens is 2. The molecule has 0 saturated heterocycles. The van der Waals surface area contributed by atoms with Gasteiger partial charge in [0.15, 0.2) is 0 Å². The molecule has 5 N–H and O–H groups in total. The van der Waals surface area contributed by atoms with E-state index in [1.807, 2.05) is 12.1 Å². The Bertz CT molecular complexity index is 1100. The first-order valence-corrected chi connectivity index (χ1v) is 12.0. The van der Waals surface area contributed by atoms with Gasteiger partial charge in [0, 0.05) is 23.5 Å². The van der Waals surface area contributed by atoms with E-state index in [9.17, 15) is 13.9 Å². The topological polar surface area (TPSA) is 70.3 Å². The summed E-state index contributed by atoms with van der Waals surface area (Å²) in [6, 6.07) is 16.3. The fraction of sp³-hybridized carbons (Fsp3) is 0.357. The Morgan fingerprint density at radius 2 is 1.74 bits per heavy atom. The van der Waals surface area contributed by atoms with Gasteiger partial charge in [0.1, 0.15) is 11.6 Å². The van der Waals surface area contributed by atoms with E-state index in [0.29, 0.717) is 11.3 Å². The number of anilines is 2. The summed E-state index contributed by atoms with van der Waals surface area (Å²) >= 11 is 0. The van der Waals surface area contributed by atoms with Crippen LogP contribution in [0.25, 0.3) is 0 Å². The average molecular weight is 466 g/mol. The van der Waals surface area contributed by atoms with Gasteiger partial charge in [-0.2, -0.15) is 0 Å². The largest absolute Gasteiger partial charge is 0.399 e. The lowest BCUT2D eigenvalue weighted by Crippen LogP contribution is -2.45. The maximum Gasteiger partial charge on any atom is 0.126 e. The first-order valence-electron chi connectivity index (χ1n) is 12.0. The second-order valence-electron chi connectivity index (χ2n) is 9.21. The van der Waals surface area contributed by atoms with Crippen molar-refractivity contribution in [1.82, 2.24) is 5.32 Å². The highest BCUT2D eigenvalue weighted by molar-refractivity contribution is 5.52. The maximum absolute atomic E-state index is 14.3. The first kappa shape index (κ1) is 24.2. The Balaban J connectivity index is 1.73. The number of benzene rings is 3. The molecule has 180 valence electrons. The molecule has 4 nitrogen and oxygen atoms in total. The summed E-state index contributed by atoms with van der Waals surface area (Å²) in [5.74, 6) is -1.29. The van der Waals surface area contributed by atoms with Gasteiger partial charge >= 0.3 is 0 Å². The van der Waals surface area contributed by atoms with Crippen LogP contribution in [-0.4, -0.2) is 17.3 Å². The monoisotopic (exact) mass is 465 g/mol. The van der Waals surface area contributed by atoms with Crippen molar-refractivity contribution in [2.75, 3.05) is 11.1 Å². The lowest BCUT2D eigenvalue weighted by Gasteiger charge is -2.37. The van der Waals surface area contributed by atoms with E-state index < -0.39 is 29.8 Å². The van der Waals surface area contributed by atoms with Crippen LogP contribution in [0.5, 0.6) is 0 Å². The maximum atomic E-state index is 14.3. The molecule has 1 aliphatic carbocycles. The third-order valence-electron chi connectivity index (χ3n) is 6.68. The highest BCUT2D eigenvalue weighted by Crippen LogP contribution is 2.35. The number of nitrogens with two attached hydrogens (primary N) is 1. The lowest BCUT2D eigenvalue weighted by atomic mass is 9.84. The van der Waals surface area contributed by atoms with Crippen molar-refractivity contribution in [3.8, 4) is 0 Å². The second kappa shape index (κ2) is 10.5. The highest BCUT2D eigenvalue weighted by atomic mass is 19.1. The minimum absolute atomic E-state index is 0.000969. The van der Waals surface area contributed by atoms with E-state index >= 15 is 0 Å². The summed E-state index contributed by atoms with van der Waals surface area (Å²) in [4.78, 5) is 0. The van der Waals surface area contributed by atoms with Crippen molar-refractivity contribution < 1.29 is 13.9 Å². The van der Waals surface area contributed by atoms with Crippen molar-refractivity contribution in [3.63, 3.8) is 0 Å². The number of nitrogen functional groups attached to an aromatic ring is 1. The molecule has 3 aromatic rings. The molecule has 4 atom stereocenters. The summed E-state index contributed by atoms with van der Waals surface area (Å²) in [6.07, 6.45) is 3.06. The number of fused-ring (bicyclic) bond motifs is 1. The molecule has 4 unspecified atom stereocenters. The standard InChI is InChI=1S/C28H33F2N3O/c1-3-18-7-8-19-5-4-6-26(25(19)13-18)33-28(20-14-21(29)16-22(30)15-20)27(17(2)34)32-24-11-9-23(31)10-12-24/h7-17,26-28,32-34H,3-6,31H2,1-2H3. The fourth-order valence-electron chi connectivity index (χ4n) is 4.87. The first-order chi connectivity index (χ1) is 16.3. The van der Waals surface area contributed by atoms with E-state index in [1.165, 1.54) is 28.8 Å². The summed E-state index contributed by atoms with van der Waals surface area (Å²) in [6.45, 7) is 3.81. The van der Waals surface area contributed by atoms with Crippen molar-refractivity contribution in [2.24, 2.45) is 0 Å². The normalized spacial score (nSPS) is 18.1. The van der Waals surface area contributed by atoms with Gasteiger partial charge < -0.3 is 21.5 Å². The average Bonchev–Trinajstić information content (AvgIpc) is 2.81. The molecule has 0 amide bonds. The minimum atomic E-state index is -0.814. The van der Waals surface area contributed by atoms with E-state index in [0.717, 1.165) is 37.4 Å². The zero-order valence-electron chi connectivity index (χ0n) is 19.7. The van der Waals surface area contributed by atoms with Gasteiger partial charge in [0.2, 0.25) is 0 Å². The van der Waals surface area contributed by atoms with Crippen LogP contribution < -0.4 is 16.4 Å². The molecular weight excluding hydrogens is 432 g/mol. The molecule has 0 spiro atoms. The molecule has 0 fully saturated rings. The van der Waals surface area contributed by atoms with Gasteiger partial charge in [-0.15, -0.1) is 0 Å². The Morgan fingerprint density at radius 3 is 2.38 bits per heavy atom. The van der Waals surface area contributed by atoms with Gasteiger partial charge in [0.05, 0.1) is 18.2 Å². The SMILES string of the molecule is CCc1ccc2c(c1)C(NC(c1cc(F)cc(F)c1)C(Nc1ccc(N)cc1)C(C)O)CCC2. The third-order valence-corrected chi connectivity index (χ3v) is 6.68. The number of aliphatic hydroxyl groups is 1. The lowest BCUT2D eigenvalue weighted by molar-refractivity contribution is 0.147. The predicted octanol–water partition coefficient (Wildman–Crippen LogP) is 5.68. The molecule has 0 saturated carbocycles. The van der Waals surface area contributed by atoms with Crippen LogP contribution in [-0.2, 0) is 12.8 Å². The predicted molar refractivity (Wildman–Crippen MR) is 134 cm³/mol. The van der Waals surface area contributed by atoms with Gasteiger partial charge in [-0.05, 0) is 91.3 Å². The Kier molecular flexibility index (Phi) is 7.49. The van der Waals surface area contributed by atoms with Crippen molar-refractivity contribution >= 4 is 11.4 Å².